The van der Waals surface area contributed by atoms with Crippen molar-refractivity contribution in [2.45, 2.75) is 17.9 Å². The molecule has 0 spiro atoms. The van der Waals surface area contributed by atoms with Gasteiger partial charge in [-0.15, -0.1) is 0 Å². The van der Waals surface area contributed by atoms with E-state index in [-0.39, 0.29) is 22.4 Å². The lowest BCUT2D eigenvalue weighted by molar-refractivity contribution is -0.531. The molecule has 4 atom stereocenters. The maximum atomic E-state index is 13.9. The summed E-state index contributed by atoms with van der Waals surface area (Å²) >= 11 is 0. The van der Waals surface area contributed by atoms with Crippen LogP contribution < -0.4 is 5.73 Å². The van der Waals surface area contributed by atoms with Crippen molar-refractivity contribution in [2.24, 2.45) is 11.7 Å². The number of carbonyl (C=O) groups is 1. The van der Waals surface area contributed by atoms with Gasteiger partial charge in [0.25, 0.3) is 0 Å². The number of hydrogen-bond acceptors (Lipinski definition) is 6. The van der Waals surface area contributed by atoms with Gasteiger partial charge in [0, 0.05) is 10.6 Å². The van der Waals surface area contributed by atoms with Gasteiger partial charge in [-0.05, 0) is 35.4 Å². The molecule has 9 heteroatoms. The van der Waals surface area contributed by atoms with Crippen molar-refractivity contribution in [3.05, 3.63) is 92.7 Å². The molecule has 0 fully saturated rings. The number of ether oxygens (including phenoxy) is 1. The van der Waals surface area contributed by atoms with Crippen LogP contribution in [0.25, 0.3) is 0 Å². The second-order valence-electron chi connectivity index (χ2n) is 6.86. The Bertz CT molecular complexity index is 1080. The molecule has 0 aliphatic heterocycles. The van der Waals surface area contributed by atoms with Crippen LogP contribution in [0.3, 0.4) is 0 Å². The molecule has 0 saturated heterocycles. The van der Waals surface area contributed by atoms with Crippen LogP contribution in [-0.4, -0.2) is 24.0 Å². The number of methoxy groups -OCH3 is 1. The van der Waals surface area contributed by atoms with Gasteiger partial charge in [0.1, 0.15) is 11.6 Å². The van der Waals surface area contributed by atoms with Crippen LogP contribution in [0.1, 0.15) is 23.0 Å². The number of allylic oxidation sites excluding steroid dienone is 1. The minimum Gasteiger partial charge on any atom is -0.466 e. The summed E-state index contributed by atoms with van der Waals surface area (Å²) in [7, 11) is 1.08. The smallest absolute Gasteiger partial charge is 0.336 e. The summed E-state index contributed by atoms with van der Waals surface area (Å²) in [5.74, 6) is -6.03. The first kappa shape index (κ1) is 20.9. The molecule has 2 aromatic rings. The molecule has 1 aliphatic rings. The topological polar surface area (TPSA) is 119 Å². The third kappa shape index (κ3) is 3.59. The lowest BCUT2D eigenvalue weighted by atomic mass is 9.65. The lowest BCUT2D eigenvalue weighted by Gasteiger charge is -2.37. The van der Waals surface area contributed by atoms with Crippen molar-refractivity contribution in [3.8, 4) is 6.07 Å². The summed E-state index contributed by atoms with van der Waals surface area (Å²) < 4.78 is 32.6. The van der Waals surface area contributed by atoms with Gasteiger partial charge >= 0.3 is 5.97 Å². The first-order valence-corrected chi connectivity index (χ1v) is 8.92. The highest BCUT2D eigenvalue weighted by atomic mass is 19.1. The Morgan fingerprint density at radius 3 is 2.23 bits per heavy atom. The molecule has 0 bridgehead atoms. The monoisotopic (exact) mass is 413 g/mol. The van der Waals surface area contributed by atoms with Gasteiger partial charge in [-0.3, -0.25) is 10.1 Å². The zero-order valence-electron chi connectivity index (χ0n) is 15.8. The van der Waals surface area contributed by atoms with Crippen molar-refractivity contribution < 1.29 is 23.2 Å². The van der Waals surface area contributed by atoms with Crippen molar-refractivity contribution in [1.29, 1.82) is 5.26 Å². The van der Waals surface area contributed by atoms with Crippen LogP contribution in [-0.2, 0) is 9.53 Å². The minimum absolute atomic E-state index is 0.123. The van der Waals surface area contributed by atoms with Gasteiger partial charge in [-0.25, -0.2) is 13.6 Å². The number of halogens is 2. The largest absolute Gasteiger partial charge is 0.466 e. The molecule has 3 rings (SSSR count). The Kier molecular flexibility index (Phi) is 5.78. The van der Waals surface area contributed by atoms with Crippen LogP contribution in [0.15, 0.2) is 59.8 Å². The number of esters is 1. The van der Waals surface area contributed by atoms with E-state index in [0.29, 0.717) is 0 Å². The predicted molar refractivity (Wildman–Crippen MR) is 101 cm³/mol. The minimum atomic E-state index is -1.60. The van der Waals surface area contributed by atoms with Crippen LogP contribution in [0.4, 0.5) is 8.78 Å². The van der Waals surface area contributed by atoms with Gasteiger partial charge in [-0.2, -0.15) is 5.26 Å². The number of nitriles is 1. The fourth-order valence-corrected chi connectivity index (χ4v) is 4.04. The highest BCUT2D eigenvalue weighted by Crippen LogP contribution is 2.48. The third-order valence-electron chi connectivity index (χ3n) is 5.25. The fraction of sp³-hybridized carbons (Fsp3) is 0.238. The molecule has 0 saturated carbocycles. The van der Waals surface area contributed by atoms with Gasteiger partial charge in [0.15, 0.2) is 0 Å². The summed E-state index contributed by atoms with van der Waals surface area (Å²) in [5, 5.41) is 22.0. The number of hydrogen-bond donors (Lipinski definition) is 1. The Morgan fingerprint density at radius 2 is 1.73 bits per heavy atom. The van der Waals surface area contributed by atoms with Gasteiger partial charge in [-0.1, -0.05) is 24.3 Å². The van der Waals surface area contributed by atoms with E-state index < -0.39 is 46.3 Å². The number of nitrogens with zero attached hydrogens (tertiary/aromatic N) is 2. The summed E-state index contributed by atoms with van der Waals surface area (Å²) in [6, 6.07) is 10.4. The molecule has 30 heavy (non-hydrogen) atoms. The van der Waals surface area contributed by atoms with E-state index in [2.05, 4.69) is 0 Å². The zero-order valence-corrected chi connectivity index (χ0v) is 15.8. The average molecular weight is 413 g/mol. The molecule has 1 aliphatic carbocycles. The molecule has 154 valence electrons. The number of nitrogens with two attached hydrogens (primary N) is 1. The molecule has 0 radical (unpaired) electrons. The van der Waals surface area contributed by atoms with E-state index in [9.17, 15) is 29.0 Å². The molecule has 7 nitrogen and oxygen atoms in total. The number of carbonyl (C=O) groups excluding carboxylic acids is 1. The van der Waals surface area contributed by atoms with Crippen molar-refractivity contribution >= 4 is 5.97 Å². The first-order valence-electron chi connectivity index (χ1n) is 8.92. The van der Waals surface area contributed by atoms with E-state index in [0.717, 1.165) is 31.4 Å². The number of benzene rings is 2. The number of rotatable bonds is 4. The van der Waals surface area contributed by atoms with Gasteiger partial charge in [0.2, 0.25) is 6.04 Å². The van der Waals surface area contributed by atoms with Crippen LogP contribution in [0.2, 0.25) is 0 Å². The van der Waals surface area contributed by atoms with E-state index in [4.69, 9.17) is 10.5 Å². The summed E-state index contributed by atoms with van der Waals surface area (Å²) in [5.41, 5.74) is 5.96. The predicted octanol–water partition coefficient (Wildman–Crippen LogP) is 3.02. The molecule has 2 aromatic carbocycles. The van der Waals surface area contributed by atoms with Gasteiger partial charge < -0.3 is 10.5 Å². The molecule has 0 aromatic heterocycles. The quantitative estimate of drug-likeness (QED) is 0.467. The van der Waals surface area contributed by atoms with Crippen molar-refractivity contribution in [1.82, 2.24) is 0 Å². The summed E-state index contributed by atoms with van der Waals surface area (Å²) in [4.78, 5) is 24.1. The second-order valence-corrected chi connectivity index (χ2v) is 6.86. The van der Waals surface area contributed by atoms with Crippen LogP contribution in [0.5, 0.6) is 0 Å². The van der Waals surface area contributed by atoms with Crippen LogP contribution >= 0.6 is 0 Å². The highest BCUT2D eigenvalue weighted by Gasteiger charge is 2.54. The van der Waals surface area contributed by atoms with Crippen molar-refractivity contribution in [2.75, 3.05) is 7.11 Å². The van der Waals surface area contributed by atoms with E-state index >= 15 is 0 Å². The maximum Gasteiger partial charge on any atom is 0.336 e. The first-order chi connectivity index (χ1) is 14.3. The molecular formula is C21H17F2N3O4. The summed E-state index contributed by atoms with van der Waals surface area (Å²) in [6.07, 6.45) is 0. The normalized spacial score (nSPS) is 23.5. The third-order valence-corrected chi connectivity index (χ3v) is 5.25. The highest BCUT2D eigenvalue weighted by molar-refractivity contribution is 5.92. The van der Waals surface area contributed by atoms with E-state index in [1.807, 2.05) is 6.07 Å². The standard InChI is InChI=1S/C21H17F2N3O4/c1-30-21(27)18-17(12-5-3-7-14(23)9-12)20(26(28)29)16(15(10-24)19(18)25)11-4-2-6-13(22)8-11/h2-9,15-17,20H,25H2,1H3. The molecule has 4 unspecified atom stereocenters. The SMILES string of the molecule is COC(=O)C1=C(N)C(C#N)C(c2cccc(F)c2)C([N+](=O)[O-])C1c1cccc(F)c1. The average Bonchev–Trinajstić information content (AvgIpc) is 2.71. The second kappa shape index (κ2) is 8.29. The van der Waals surface area contributed by atoms with E-state index in [1.54, 1.807) is 0 Å². The molecular weight excluding hydrogens is 396 g/mol. The number of nitro groups is 1. The molecule has 0 heterocycles. The van der Waals surface area contributed by atoms with Crippen molar-refractivity contribution in [3.63, 3.8) is 0 Å². The van der Waals surface area contributed by atoms with Crippen LogP contribution in [0, 0.1) is 39.0 Å². The fourth-order valence-electron chi connectivity index (χ4n) is 4.04. The Balaban J connectivity index is 2.35. The van der Waals surface area contributed by atoms with E-state index in [1.165, 1.54) is 24.3 Å². The lowest BCUT2D eigenvalue weighted by Crippen LogP contribution is -2.46. The zero-order chi connectivity index (χ0) is 22.0. The Morgan fingerprint density at radius 1 is 1.17 bits per heavy atom. The molecule has 2 N–H and O–H groups in total. The maximum absolute atomic E-state index is 13.9. The Labute approximate surface area is 170 Å². The molecule has 0 amide bonds. The van der Waals surface area contributed by atoms with Gasteiger partial charge in [0.05, 0.1) is 36.5 Å². The Hall–Kier alpha value is -3.80. The summed E-state index contributed by atoms with van der Waals surface area (Å²) in [6.45, 7) is 0.